The second-order valence-electron chi connectivity index (χ2n) is 7.64. The number of amides is 2. The number of benzene rings is 2. The van der Waals surface area contributed by atoms with Gasteiger partial charge < -0.3 is 10.6 Å². The van der Waals surface area contributed by atoms with E-state index in [1.165, 1.54) is 16.5 Å². The Hall–Kier alpha value is -3.18. The fraction of sp³-hybridized carbons (Fsp3) is 0.231. The van der Waals surface area contributed by atoms with E-state index in [9.17, 15) is 9.59 Å². The number of carbonyl (C=O) groups excluding carboxylic acids is 2. The van der Waals surface area contributed by atoms with Crippen LogP contribution in [0, 0.1) is 0 Å². The number of aryl methyl sites for hydroxylation is 1. The first-order valence-corrected chi connectivity index (χ1v) is 11.5. The Morgan fingerprint density at radius 2 is 1.65 bits per heavy atom. The van der Waals surface area contributed by atoms with Crippen LogP contribution in [0.4, 0.5) is 5.00 Å². The average molecular weight is 431 g/mol. The van der Waals surface area contributed by atoms with Crippen LogP contribution in [-0.4, -0.2) is 18.4 Å². The maximum atomic E-state index is 13.1. The number of carbonyl (C=O) groups is 2. The number of rotatable bonds is 7. The molecule has 0 radical (unpaired) electrons. The second-order valence-corrected chi connectivity index (χ2v) is 8.74. The Kier molecular flexibility index (Phi) is 6.95. The Morgan fingerprint density at radius 3 is 2.42 bits per heavy atom. The molecule has 1 aromatic heterocycles. The zero-order valence-corrected chi connectivity index (χ0v) is 18.2. The molecule has 5 heteroatoms. The highest BCUT2D eigenvalue weighted by Crippen LogP contribution is 2.38. The molecule has 0 atom stereocenters. The predicted octanol–water partition coefficient (Wildman–Crippen LogP) is 5.25. The van der Waals surface area contributed by atoms with Crippen LogP contribution in [0.3, 0.4) is 0 Å². The maximum Gasteiger partial charge on any atom is 0.254 e. The Balaban J connectivity index is 1.47. The Morgan fingerprint density at radius 1 is 0.935 bits per heavy atom. The van der Waals surface area contributed by atoms with Crippen molar-refractivity contribution >= 4 is 34.2 Å². The Bertz CT molecular complexity index is 1070. The van der Waals surface area contributed by atoms with Crippen molar-refractivity contribution in [1.29, 1.82) is 0 Å². The lowest BCUT2D eigenvalue weighted by atomic mass is 9.95. The highest BCUT2D eigenvalue weighted by molar-refractivity contribution is 7.17. The lowest BCUT2D eigenvalue weighted by Crippen LogP contribution is -2.27. The van der Waals surface area contributed by atoms with Crippen molar-refractivity contribution in [3.63, 3.8) is 0 Å². The first-order valence-electron chi connectivity index (χ1n) is 10.7. The molecule has 2 N–H and O–H groups in total. The van der Waals surface area contributed by atoms with Crippen LogP contribution in [0.2, 0.25) is 0 Å². The molecular formula is C26H26N2O2S. The van der Waals surface area contributed by atoms with E-state index in [-0.39, 0.29) is 11.8 Å². The van der Waals surface area contributed by atoms with Crippen molar-refractivity contribution in [3.8, 4) is 0 Å². The summed E-state index contributed by atoms with van der Waals surface area (Å²) in [6.07, 6.45) is 8.15. The van der Waals surface area contributed by atoms with Gasteiger partial charge in [0.2, 0.25) is 5.91 Å². The summed E-state index contributed by atoms with van der Waals surface area (Å²) in [4.78, 5) is 26.8. The van der Waals surface area contributed by atoms with Crippen LogP contribution in [0.5, 0.6) is 0 Å². The standard InChI is InChI=1S/C26H26N2O2S/c29-23(16-15-19-9-3-1-4-10-19)28-26-24(21-13-7-8-14-22(21)31-26)25(30)27-18-17-20-11-5-2-6-12-20/h1-6,9-12,15-16H,7-8,13-14,17-18H2,(H,27,30)(H,28,29). The molecule has 3 aromatic rings. The molecular weight excluding hydrogens is 404 g/mol. The van der Waals surface area contributed by atoms with Crippen LogP contribution in [-0.2, 0) is 24.1 Å². The van der Waals surface area contributed by atoms with Crippen LogP contribution in [0.25, 0.3) is 6.08 Å². The molecule has 158 valence electrons. The van der Waals surface area contributed by atoms with E-state index in [4.69, 9.17) is 0 Å². The molecule has 31 heavy (non-hydrogen) atoms. The third-order valence-electron chi connectivity index (χ3n) is 5.40. The quantitative estimate of drug-likeness (QED) is 0.503. The highest BCUT2D eigenvalue weighted by Gasteiger charge is 2.25. The minimum atomic E-state index is -0.221. The highest BCUT2D eigenvalue weighted by atomic mass is 32.1. The summed E-state index contributed by atoms with van der Waals surface area (Å²) in [6, 6.07) is 19.8. The normalized spacial score (nSPS) is 13.0. The van der Waals surface area contributed by atoms with Crippen molar-refractivity contribution in [2.24, 2.45) is 0 Å². The topological polar surface area (TPSA) is 58.2 Å². The molecule has 0 unspecified atom stereocenters. The van der Waals surface area contributed by atoms with E-state index in [1.807, 2.05) is 48.5 Å². The fourth-order valence-electron chi connectivity index (χ4n) is 3.84. The minimum absolute atomic E-state index is 0.0994. The van der Waals surface area contributed by atoms with Gasteiger partial charge in [-0.2, -0.15) is 0 Å². The summed E-state index contributed by atoms with van der Waals surface area (Å²) < 4.78 is 0. The molecule has 2 aromatic carbocycles. The van der Waals surface area contributed by atoms with Crippen molar-refractivity contribution in [1.82, 2.24) is 5.32 Å². The van der Waals surface area contributed by atoms with E-state index >= 15 is 0 Å². The first-order chi connectivity index (χ1) is 15.2. The summed E-state index contributed by atoms with van der Waals surface area (Å²) in [7, 11) is 0. The molecule has 0 aliphatic heterocycles. The van der Waals surface area contributed by atoms with Gasteiger partial charge in [0.1, 0.15) is 5.00 Å². The van der Waals surface area contributed by atoms with Crippen molar-refractivity contribution < 1.29 is 9.59 Å². The second kappa shape index (κ2) is 10.2. The smallest absolute Gasteiger partial charge is 0.254 e. The summed E-state index contributed by atoms with van der Waals surface area (Å²) >= 11 is 1.54. The zero-order valence-electron chi connectivity index (χ0n) is 17.4. The largest absolute Gasteiger partial charge is 0.352 e. The van der Waals surface area contributed by atoms with Crippen molar-refractivity contribution in [3.05, 3.63) is 93.9 Å². The lowest BCUT2D eigenvalue weighted by Gasteiger charge is -2.13. The van der Waals surface area contributed by atoms with Gasteiger partial charge in [0.05, 0.1) is 5.56 Å². The number of anilines is 1. The molecule has 0 saturated carbocycles. The molecule has 2 amide bonds. The van der Waals surface area contributed by atoms with E-state index in [2.05, 4.69) is 22.8 Å². The molecule has 0 fully saturated rings. The van der Waals surface area contributed by atoms with Crippen LogP contribution in [0.15, 0.2) is 66.7 Å². The Labute approximate surface area is 187 Å². The molecule has 0 bridgehead atoms. The number of fused-ring (bicyclic) bond motifs is 1. The van der Waals surface area contributed by atoms with Gasteiger partial charge in [0.25, 0.3) is 5.91 Å². The fourth-order valence-corrected chi connectivity index (χ4v) is 5.13. The number of hydrogen-bond donors (Lipinski definition) is 2. The van der Waals surface area contributed by atoms with Gasteiger partial charge in [-0.1, -0.05) is 60.7 Å². The summed E-state index contributed by atoms with van der Waals surface area (Å²) in [5.74, 6) is -0.321. The van der Waals surface area contributed by atoms with Gasteiger partial charge >= 0.3 is 0 Å². The number of hydrogen-bond acceptors (Lipinski definition) is 3. The van der Waals surface area contributed by atoms with Gasteiger partial charge in [-0.3, -0.25) is 9.59 Å². The van der Waals surface area contributed by atoms with Crippen LogP contribution in [0.1, 0.15) is 44.8 Å². The van der Waals surface area contributed by atoms with E-state index in [0.29, 0.717) is 17.1 Å². The molecule has 1 aliphatic carbocycles. The van der Waals surface area contributed by atoms with Gasteiger partial charge in [0.15, 0.2) is 0 Å². The summed E-state index contributed by atoms with van der Waals surface area (Å²) in [5.41, 5.74) is 3.90. The van der Waals surface area contributed by atoms with Gasteiger partial charge in [-0.05, 0) is 54.9 Å². The molecule has 1 heterocycles. The van der Waals surface area contributed by atoms with E-state index < -0.39 is 0 Å². The van der Waals surface area contributed by atoms with Gasteiger partial charge in [-0.15, -0.1) is 11.3 Å². The van der Waals surface area contributed by atoms with Crippen LogP contribution < -0.4 is 10.6 Å². The van der Waals surface area contributed by atoms with E-state index in [0.717, 1.165) is 43.2 Å². The lowest BCUT2D eigenvalue weighted by molar-refractivity contribution is -0.111. The molecule has 0 spiro atoms. The summed E-state index contributed by atoms with van der Waals surface area (Å²) in [5, 5.41) is 6.67. The summed E-state index contributed by atoms with van der Waals surface area (Å²) in [6.45, 7) is 0.564. The molecule has 4 rings (SSSR count). The zero-order chi connectivity index (χ0) is 21.5. The molecule has 0 saturated heterocycles. The number of thiophene rings is 1. The SMILES string of the molecule is O=C(C=Cc1ccccc1)Nc1sc2c(c1C(=O)NCCc1ccccc1)CCCC2. The van der Waals surface area contributed by atoms with Crippen molar-refractivity contribution in [2.75, 3.05) is 11.9 Å². The van der Waals surface area contributed by atoms with E-state index in [1.54, 1.807) is 17.4 Å². The molecule has 4 nitrogen and oxygen atoms in total. The van der Waals surface area contributed by atoms with Gasteiger partial charge in [0, 0.05) is 17.5 Å². The predicted molar refractivity (Wildman–Crippen MR) is 128 cm³/mol. The molecule has 1 aliphatic rings. The van der Waals surface area contributed by atoms with Crippen molar-refractivity contribution in [2.45, 2.75) is 32.1 Å². The van der Waals surface area contributed by atoms with Crippen LogP contribution >= 0.6 is 11.3 Å². The monoisotopic (exact) mass is 430 g/mol. The van der Waals surface area contributed by atoms with Gasteiger partial charge in [-0.25, -0.2) is 0 Å². The number of nitrogens with one attached hydrogen (secondary N) is 2. The average Bonchev–Trinajstić information content (AvgIpc) is 3.17. The first kappa shape index (κ1) is 21.1. The minimum Gasteiger partial charge on any atom is -0.352 e. The third-order valence-corrected chi connectivity index (χ3v) is 6.61. The third kappa shape index (κ3) is 5.50. The maximum absolute atomic E-state index is 13.1.